The van der Waals surface area contributed by atoms with Gasteiger partial charge in [0.25, 0.3) is 0 Å². The average Bonchev–Trinajstić information content (AvgIpc) is 0.918. The Morgan fingerprint density at radius 2 is 1.25 bits per heavy atom. The summed E-state index contributed by atoms with van der Waals surface area (Å²) in [6.45, 7) is 0. The van der Waals surface area contributed by atoms with Crippen LogP contribution in [0.25, 0.3) is 0 Å². The molecule has 0 radical (unpaired) electrons. The zero-order valence-electron chi connectivity index (χ0n) is 2.19. The van der Waals surface area contributed by atoms with E-state index in [0.29, 0.717) is 0 Å². The Bertz CT molecular complexity index is 27.0. The van der Waals surface area contributed by atoms with Crippen LogP contribution in [-0.4, -0.2) is 0 Å². The molecule has 0 saturated heterocycles. The van der Waals surface area contributed by atoms with E-state index in [2.05, 4.69) is 0 Å². The standard InChI is InChI=1S/CH3.2O.Re/h1H3;;;/q-1;;;/i1+1;;;. The molecule has 0 aliphatic heterocycles. The van der Waals surface area contributed by atoms with Crippen LogP contribution in [-0.2, 0) is 24.8 Å². The van der Waals surface area contributed by atoms with Gasteiger partial charge in [0.1, 0.15) is 0 Å². The summed E-state index contributed by atoms with van der Waals surface area (Å²) in [5, 5.41) is 0. The second-order valence-electron chi connectivity index (χ2n) is 0.0630. The first kappa shape index (κ1) is 8.86. The van der Waals surface area contributed by atoms with Gasteiger partial charge in [-0.1, -0.05) is 0 Å². The Morgan fingerprint density at radius 1 is 1.25 bits per heavy atom. The molecule has 0 fully saturated rings. The quantitative estimate of drug-likeness (QED) is 0.443. The summed E-state index contributed by atoms with van der Waals surface area (Å²) in [5.41, 5.74) is 0. The van der Waals surface area contributed by atoms with Gasteiger partial charge in [-0.3, -0.25) is 0 Å². The van der Waals surface area contributed by atoms with Crippen molar-refractivity contribution in [2.24, 2.45) is 0 Å². The Labute approximate surface area is 32.9 Å². The average molecular weight is 234 g/mol. The summed E-state index contributed by atoms with van der Waals surface area (Å²) in [6, 6.07) is 0. The maximum absolute atomic E-state index is 8.53. The van der Waals surface area contributed by atoms with E-state index in [1.807, 2.05) is 0 Å². The van der Waals surface area contributed by atoms with Crippen LogP contribution in [0.2, 0.25) is 0 Å². The molecular weight excluding hydrogens is 231 g/mol. The first-order valence-corrected chi connectivity index (χ1v) is 2.53. The molecule has 0 aromatic rings. The Kier molecular flexibility index (Phi) is 23.2. The van der Waals surface area contributed by atoms with E-state index in [4.69, 9.17) is 6.94 Å². The van der Waals surface area contributed by atoms with Crippen molar-refractivity contribution in [1.82, 2.24) is 0 Å². The van der Waals surface area contributed by atoms with Gasteiger partial charge in [0.2, 0.25) is 0 Å². The van der Waals surface area contributed by atoms with E-state index in [1.165, 1.54) is 0 Å². The second kappa shape index (κ2) is 10.5. The van der Waals surface area contributed by atoms with Crippen molar-refractivity contribution in [3.63, 3.8) is 0 Å². The maximum atomic E-state index is 8.53. The van der Waals surface area contributed by atoms with Gasteiger partial charge >= 0.3 is 24.8 Å². The molecule has 0 heterocycles. The van der Waals surface area contributed by atoms with E-state index in [-0.39, 0.29) is 7.43 Å². The van der Waals surface area contributed by atoms with Crippen molar-refractivity contribution in [2.45, 2.75) is 0 Å². The molecule has 0 bridgehead atoms. The third-order valence-electron chi connectivity index (χ3n) is 0. The van der Waals surface area contributed by atoms with E-state index < -0.39 is 17.9 Å². The fourth-order valence-electron chi connectivity index (χ4n) is 0. The van der Waals surface area contributed by atoms with Crippen LogP contribution in [0.1, 0.15) is 0 Å². The van der Waals surface area contributed by atoms with Crippen LogP contribution in [0.4, 0.5) is 0 Å². The third-order valence-corrected chi connectivity index (χ3v) is 0. The van der Waals surface area contributed by atoms with Gasteiger partial charge in [0.15, 0.2) is 0 Å². The molecule has 0 amide bonds. The SMILES string of the molecule is [13CH3-].[O]=[Re]=[O]. The normalized spacial score (nSPS) is 3.00. The van der Waals surface area contributed by atoms with Crippen molar-refractivity contribution < 1.29 is 24.8 Å². The van der Waals surface area contributed by atoms with E-state index >= 15 is 0 Å². The topological polar surface area (TPSA) is 34.1 Å². The van der Waals surface area contributed by atoms with Gasteiger partial charge in [-0.2, -0.15) is 0 Å². The van der Waals surface area contributed by atoms with E-state index in [1.54, 1.807) is 0 Å². The van der Waals surface area contributed by atoms with Crippen LogP contribution >= 0.6 is 0 Å². The van der Waals surface area contributed by atoms with Crippen LogP contribution in [0, 0.1) is 7.43 Å². The molecule has 0 aliphatic rings. The first-order valence-electron chi connectivity index (χ1n) is 0.309. The molecule has 0 atom stereocenters. The second-order valence-corrected chi connectivity index (χ2v) is 0.516. The van der Waals surface area contributed by atoms with Crippen LogP contribution in [0.15, 0.2) is 0 Å². The molecule has 0 aliphatic carbocycles. The molecule has 0 aromatic heterocycles. The minimum absolute atomic E-state index is 0. The molecule has 0 rings (SSSR count). The molecule has 0 N–H and O–H groups in total. The number of rotatable bonds is 0. The van der Waals surface area contributed by atoms with Crippen molar-refractivity contribution in [1.29, 1.82) is 0 Å². The molecule has 2 nitrogen and oxygen atoms in total. The third kappa shape index (κ3) is 52.4. The fraction of sp³-hybridized carbons (Fsp3) is 0. The van der Waals surface area contributed by atoms with Crippen molar-refractivity contribution in [3.05, 3.63) is 7.43 Å². The summed E-state index contributed by atoms with van der Waals surface area (Å²) >= 11 is -2.17. The summed E-state index contributed by atoms with van der Waals surface area (Å²) < 4.78 is 17.1. The predicted molar refractivity (Wildman–Crippen MR) is 7.79 cm³/mol. The molecule has 0 saturated carbocycles. The molecule has 0 unspecified atom stereocenters. The zero-order chi connectivity index (χ0) is 2.71. The molecule has 3 heteroatoms. The van der Waals surface area contributed by atoms with Gasteiger partial charge in [0, 0.05) is 0 Å². The van der Waals surface area contributed by atoms with Crippen LogP contribution in [0.3, 0.4) is 0 Å². The van der Waals surface area contributed by atoms with Crippen LogP contribution in [0.5, 0.6) is 0 Å². The van der Waals surface area contributed by atoms with E-state index in [9.17, 15) is 0 Å². The monoisotopic (exact) mass is 235 g/mol. The molecular formula is CH3O2Re-. The fourth-order valence-corrected chi connectivity index (χ4v) is 0. The van der Waals surface area contributed by atoms with Crippen molar-refractivity contribution in [2.75, 3.05) is 0 Å². The number of hydrogen-bond acceptors (Lipinski definition) is 2. The number of hydrogen-bond donors (Lipinski definition) is 0. The predicted octanol–water partition coefficient (Wildman–Crippen LogP) is 0.210. The Morgan fingerprint density at radius 3 is 1.25 bits per heavy atom. The van der Waals surface area contributed by atoms with Gasteiger partial charge in [0.05, 0.1) is 0 Å². The van der Waals surface area contributed by atoms with Gasteiger partial charge in [-0.05, 0) is 0 Å². The Balaban J connectivity index is 0. The van der Waals surface area contributed by atoms with E-state index in [0.717, 1.165) is 0 Å². The minimum atomic E-state index is -2.17. The van der Waals surface area contributed by atoms with Crippen molar-refractivity contribution >= 4 is 0 Å². The molecule has 0 spiro atoms. The summed E-state index contributed by atoms with van der Waals surface area (Å²) in [6.07, 6.45) is 0. The summed E-state index contributed by atoms with van der Waals surface area (Å²) in [7, 11) is 0. The molecule has 27 valence electrons. The van der Waals surface area contributed by atoms with Crippen molar-refractivity contribution in [3.8, 4) is 0 Å². The summed E-state index contributed by atoms with van der Waals surface area (Å²) in [5.74, 6) is 0. The van der Waals surface area contributed by atoms with Crippen LogP contribution < -0.4 is 0 Å². The van der Waals surface area contributed by atoms with Gasteiger partial charge < -0.3 is 7.43 Å². The Hall–Kier alpha value is 0.262. The molecule has 4 heavy (non-hydrogen) atoms. The first-order chi connectivity index (χ1) is 1.41. The van der Waals surface area contributed by atoms with Gasteiger partial charge in [-0.15, -0.1) is 0 Å². The zero-order valence-corrected chi connectivity index (χ0v) is 4.91. The van der Waals surface area contributed by atoms with Gasteiger partial charge in [-0.25, -0.2) is 0 Å². The molecule has 0 aromatic carbocycles. The summed E-state index contributed by atoms with van der Waals surface area (Å²) in [4.78, 5) is 0.